The molecule has 5 rings (SSSR count). The third kappa shape index (κ3) is 4.11. The monoisotopic (exact) mass is 481 g/mol. The molecule has 1 aliphatic rings. The van der Waals surface area contributed by atoms with Crippen LogP contribution in [0.5, 0.6) is 0 Å². The van der Waals surface area contributed by atoms with Crippen LogP contribution in [0, 0.1) is 12.3 Å². The zero-order chi connectivity index (χ0) is 26.3. The zero-order valence-corrected chi connectivity index (χ0v) is 21.9. The van der Waals surface area contributed by atoms with Crippen molar-refractivity contribution >= 4 is 46.2 Å². The summed E-state index contributed by atoms with van der Waals surface area (Å²) in [6.45, 7) is 14.8. The summed E-state index contributed by atoms with van der Waals surface area (Å²) in [5.74, 6) is 3.76. The number of fused-ring (bicyclic) bond motifs is 3. The summed E-state index contributed by atoms with van der Waals surface area (Å²) in [7, 11) is 2.03. The third-order valence-corrected chi connectivity index (χ3v) is 7.27. The van der Waals surface area contributed by atoms with Crippen molar-refractivity contribution in [2.24, 2.45) is 0 Å². The van der Waals surface area contributed by atoms with Crippen LogP contribution in [0.4, 0.5) is 17.1 Å². The lowest BCUT2D eigenvalue weighted by atomic mass is 9.85. The summed E-state index contributed by atoms with van der Waals surface area (Å²) in [4.78, 5) is 9.08. The molecule has 4 aromatic rings. The van der Waals surface area contributed by atoms with Gasteiger partial charge in [0.05, 0.1) is 28.5 Å². The SMILES string of the molecule is C#CC(C)(C)c1ccc(N2C(=C)N(C)c3cnc4ccc(C(/C=c5/ccccc5=C)=C/C)cc4c32)cc1. The summed E-state index contributed by atoms with van der Waals surface area (Å²) in [5.41, 5.74) is 7.12. The van der Waals surface area contributed by atoms with E-state index in [0.29, 0.717) is 0 Å². The first-order valence-electron chi connectivity index (χ1n) is 12.4. The number of hydrogen-bond donors (Lipinski definition) is 0. The van der Waals surface area contributed by atoms with Crippen molar-refractivity contribution in [1.29, 1.82) is 0 Å². The van der Waals surface area contributed by atoms with E-state index in [1.54, 1.807) is 0 Å². The molecule has 1 aromatic heterocycles. The van der Waals surface area contributed by atoms with Crippen LogP contribution >= 0.6 is 0 Å². The van der Waals surface area contributed by atoms with Crippen LogP contribution in [0.2, 0.25) is 0 Å². The molecule has 0 amide bonds. The van der Waals surface area contributed by atoms with E-state index in [1.165, 1.54) is 0 Å². The first-order valence-corrected chi connectivity index (χ1v) is 12.4. The van der Waals surface area contributed by atoms with Crippen LogP contribution in [-0.2, 0) is 5.41 Å². The van der Waals surface area contributed by atoms with Gasteiger partial charge >= 0.3 is 0 Å². The van der Waals surface area contributed by atoms with Gasteiger partial charge in [-0.15, -0.1) is 6.42 Å². The normalized spacial score (nSPS) is 14.3. The van der Waals surface area contributed by atoms with Crippen molar-refractivity contribution in [3.63, 3.8) is 0 Å². The van der Waals surface area contributed by atoms with E-state index in [9.17, 15) is 0 Å². The molecule has 0 atom stereocenters. The van der Waals surface area contributed by atoms with Crippen LogP contribution in [-0.4, -0.2) is 12.0 Å². The van der Waals surface area contributed by atoms with Gasteiger partial charge in [0, 0.05) is 18.1 Å². The molecule has 37 heavy (non-hydrogen) atoms. The van der Waals surface area contributed by atoms with Crippen molar-refractivity contribution in [2.75, 3.05) is 16.8 Å². The second-order valence-electron chi connectivity index (χ2n) is 9.94. The van der Waals surface area contributed by atoms with Crippen molar-refractivity contribution in [1.82, 2.24) is 4.98 Å². The Kier molecular flexibility index (Phi) is 5.97. The number of benzene rings is 3. The summed E-state index contributed by atoms with van der Waals surface area (Å²) in [6.07, 6.45) is 12.0. The van der Waals surface area contributed by atoms with Gasteiger partial charge in [0.2, 0.25) is 0 Å². The van der Waals surface area contributed by atoms with Gasteiger partial charge < -0.3 is 4.90 Å². The Labute approximate surface area is 219 Å². The molecule has 1 aliphatic heterocycles. The number of anilines is 3. The standard InChI is InChI=1S/C34H31N3/c1-8-25(20-26-13-11-10-12-23(26)3)27-14-19-31-30(21-27)33-32(22-35-31)36(7)24(4)37(33)29-17-15-28(16-18-29)34(5,6)9-2/h2,8,10-22H,3-4H2,1,5-7H3/b25-8+,26-20-. The Morgan fingerprint density at radius 2 is 1.76 bits per heavy atom. The molecule has 2 heterocycles. The summed E-state index contributed by atoms with van der Waals surface area (Å²) >= 11 is 0. The zero-order valence-electron chi connectivity index (χ0n) is 21.9. The predicted molar refractivity (Wildman–Crippen MR) is 159 cm³/mol. The van der Waals surface area contributed by atoms with Crippen molar-refractivity contribution in [3.8, 4) is 12.3 Å². The molecule has 0 bridgehead atoms. The number of nitrogens with zero attached hydrogens (tertiary/aromatic N) is 3. The molecular weight excluding hydrogens is 450 g/mol. The molecule has 182 valence electrons. The van der Waals surface area contributed by atoms with Gasteiger partial charge in [-0.2, -0.15) is 0 Å². The molecule has 0 saturated heterocycles. The molecule has 3 aromatic carbocycles. The quantitative estimate of drug-likeness (QED) is 0.310. The largest absolute Gasteiger partial charge is 0.328 e. The first-order chi connectivity index (χ1) is 17.7. The molecule has 0 N–H and O–H groups in total. The van der Waals surface area contributed by atoms with Crippen molar-refractivity contribution in [3.05, 3.63) is 113 Å². The fraction of sp³-hybridized carbons (Fsp3) is 0.147. The van der Waals surface area contributed by atoms with Crippen LogP contribution in [0.1, 0.15) is 31.9 Å². The smallest absolute Gasteiger partial charge is 0.110 e. The summed E-state index contributed by atoms with van der Waals surface area (Å²) in [5, 5.41) is 3.19. The Hall–Kier alpha value is -4.55. The van der Waals surface area contributed by atoms with E-state index in [1.807, 2.05) is 31.4 Å². The number of rotatable bonds is 4. The Morgan fingerprint density at radius 3 is 2.43 bits per heavy atom. The van der Waals surface area contributed by atoms with Gasteiger partial charge in [-0.05, 0) is 78.3 Å². The van der Waals surface area contributed by atoms with Crippen LogP contribution < -0.4 is 20.2 Å². The van der Waals surface area contributed by atoms with Gasteiger partial charge in [0.25, 0.3) is 0 Å². The average molecular weight is 482 g/mol. The molecule has 0 radical (unpaired) electrons. The second-order valence-corrected chi connectivity index (χ2v) is 9.94. The maximum atomic E-state index is 5.77. The number of pyridine rings is 1. The van der Waals surface area contributed by atoms with E-state index in [-0.39, 0.29) is 5.41 Å². The maximum Gasteiger partial charge on any atom is 0.110 e. The van der Waals surface area contributed by atoms with Crippen LogP contribution in [0.3, 0.4) is 0 Å². The van der Waals surface area contributed by atoms with E-state index in [4.69, 9.17) is 11.4 Å². The number of terminal acetylenes is 1. The highest BCUT2D eigenvalue weighted by atomic mass is 15.4. The highest BCUT2D eigenvalue weighted by Crippen LogP contribution is 2.48. The van der Waals surface area contributed by atoms with Gasteiger partial charge in [-0.25, -0.2) is 0 Å². The van der Waals surface area contributed by atoms with Gasteiger partial charge in [-0.1, -0.05) is 67.6 Å². The van der Waals surface area contributed by atoms with E-state index < -0.39 is 0 Å². The van der Waals surface area contributed by atoms with Crippen LogP contribution in [0.25, 0.3) is 29.1 Å². The topological polar surface area (TPSA) is 19.4 Å². The molecule has 0 aliphatic carbocycles. The van der Waals surface area contributed by atoms with E-state index >= 15 is 0 Å². The molecule has 0 fully saturated rings. The van der Waals surface area contributed by atoms with Crippen molar-refractivity contribution in [2.45, 2.75) is 26.2 Å². The lowest BCUT2D eigenvalue weighted by Gasteiger charge is -2.24. The Bertz CT molecular complexity index is 1720. The fourth-order valence-corrected chi connectivity index (χ4v) is 4.81. The molecule has 3 nitrogen and oxygen atoms in total. The third-order valence-electron chi connectivity index (χ3n) is 7.27. The molecular formula is C34H31N3. The minimum Gasteiger partial charge on any atom is -0.328 e. The van der Waals surface area contributed by atoms with Crippen LogP contribution in [0.15, 0.2) is 91.4 Å². The molecule has 0 saturated carbocycles. The molecule has 0 spiro atoms. The number of allylic oxidation sites excluding steroid dienone is 2. The van der Waals surface area contributed by atoms with Gasteiger partial charge in [0.15, 0.2) is 0 Å². The minimum atomic E-state index is -0.327. The van der Waals surface area contributed by atoms with Gasteiger partial charge in [0.1, 0.15) is 5.82 Å². The fourth-order valence-electron chi connectivity index (χ4n) is 4.81. The van der Waals surface area contributed by atoms with E-state index in [0.717, 1.165) is 60.9 Å². The summed E-state index contributed by atoms with van der Waals surface area (Å²) < 4.78 is 0. The first kappa shape index (κ1) is 24.2. The Balaban J connectivity index is 1.67. The molecule has 3 heteroatoms. The highest BCUT2D eigenvalue weighted by Gasteiger charge is 2.31. The highest BCUT2D eigenvalue weighted by molar-refractivity contribution is 6.06. The minimum absolute atomic E-state index is 0.327. The predicted octanol–water partition coefficient (Wildman–Crippen LogP) is 6.50. The van der Waals surface area contributed by atoms with E-state index in [2.05, 4.69) is 110 Å². The Morgan fingerprint density at radius 1 is 1.03 bits per heavy atom. The van der Waals surface area contributed by atoms with Crippen molar-refractivity contribution < 1.29 is 0 Å². The second kappa shape index (κ2) is 9.15. The maximum absolute atomic E-state index is 5.77. The summed E-state index contributed by atoms with van der Waals surface area (Å²) in [6, 6.07) is 23.1. The lowest BCUT2D eigenvalue weighted by molar-refractivity contribution is 0.699. The molecule has 0 unspecified atom stereocenters. The lowest BCUT2D eigenvalue weighted by Crippen LogP contribution is -2.21. The van der Waals surface area contributed by atoms with Gasteiger partial charge in [-0.3, -0.25) is 9.88 Å². The average Bonchev–Trinajstić information content (AvgIpc) is 3.18. The number of hydrogen-bond acceptors (Lipinski definition) is 3. The number of aromatic nitrogens is 1.